The molecular weight excluding hydrogens is 577 g/mol. The van der Waals surface area contributed by atoms with Crippen LogP contribution in [0.25, 0.3) is 5.57 Å². The van der Waals surface area contributed by atoms with Gasteiger partial charge >= 0.3 is 6.97 Å². The van der Waals surface area contributed by atoms with Crippen LogP contribution >= 0.6 is 63.7 Å². The Balaban J connectivity index is 2.12. The van der Waals surface area contributed by atoms with Gasteiger partial charge in [0, 0.05) is 48.3 Å². The lowest BCUT2D eigenvalue weighted by molar-refractivity contribution is -0.358. The lowest BCUT2D eigenvalue weighted by Gasteiger charge is -2.32. The van der Waals surface area contributed by atoms with Gasteiger partial charge in [0.25, 0.3) is 0 Å². The maximum Gasteiger partial charge on any atom is 0.738 e. The number of hydrogen-bond donors (Lipinski definition) is 0. The summed E-state index contributed by atoms with van der Waals surface area (Å²) in [6.07, 6.45) is 3.37. The molecule has 122 valence electrons. The molecule has 0 fully saturated rings. The van der Waals surface area contributed by atoms with Gasteiger partial charge in [-0.2, -0.15) is 0 Å². The predicted molar refractivity (Wildman–Crippen MR) is 107 cm³/mol. The number of nitrogens with zero attached hydrogens (tertiary/aromatic N) is 2. The molecular formula is C15H7BBr4F2N2. The Labute approximate surface area is 170 Å². The average molecular weight is 584 g/mol. The van der Waals surface area contributed by atoms with Crippen molar-refractivity contribution >= 4 is 80.9 Å². The lowest BCUT2D eigenvalue weighted by atomic mass is 9.86. The molecule has 0 unspecified atom stereocenters. The van der Waals surface area contributed by atoms with Crippen molar-refractivity contribution in [2.75, 3.05) is 0 Å². The minimum atomic E-state index is -3.99. The SMILES string of the molecule is F[B-]1(F)n2c(Br)ccc2C(c2ccc(Br)cc2Br)=C2C=CC(Br)=[N+]21. The predicted octanol–water partition coefficient (Wildman–Crippen LogP) is 6.15. The van der Waals surface area contributed by atoms with Crippen LogP contribution in [-0.4, -0.2) is 20.6 Å². The van der Waals surface area contributed by atoms with Crippen LogP contribution in [0.3, 0.4) is 0 Å². The van der Waals surface area contributed by atoms with E-state index in [4.69, 9.17) is 0 Å². The third kappa shape index (κ3) is 2.31. The second kappa shape index (κ2) is 5.76. The molecule has 0 saturated heterocycles. The quantitative estimate of drug-likeness (QED) is 0.356. The van der Waals surface area contributed by atoms with E-state index in [0.717, 1.165) is 29.0 Å². The van der Waals surface area contributed by atoms with Crippen LogP contribution in [0.2, 0.25) is 0 Å². The van der Waals surface area contributed by atoms with Crippen LogP contribution in [0, 0.1) is 0 Å². The molecule has 9 heteroatoms. The third-order valence-electron chi connectivity index (χ3n) is 4.07. The molecule has 0 aliphatic carbocycles. The van der Waals surface area contributed by atoms with E-state index < -0.39 is 6.97 Å². The van der Waals surface area contributed by atoms with Gasteiger partial charge in [-0.05, 0) is 40.2 Å². The largest absolute Gasteiger partial charge is 0.738 e. The molecule has 1 aromatic carbocycles. The summed E-state index contributed by atoms with van der Waals surface area (Å²) < 4.78 is 34.8. The number of hydrogen-bond acceptors (Lipinski definition) is 0. The Bertz CT molecular complexity index is 991. The summed E-state index contributed by atoms with van der Waals surface area (Å²) >= 11 is 13.5. The summed E-state index contributed by atoms with van der Waals surface area (Å²) in [5.41, 5.74) is 2.56. The summed E-state index contributed by atoms with van der Waals surface area (Å²) in [5, 5.41) is 0. The third-order valence-corrected chi connectivity index (χ3v) is 6.51. The van der Waals surface area contributed by atoms with Gasteiger partial charge in [-0.15, -0.1) is 0 Å². The number of benzene rings is 1. The molecule has 0 saturated carbocycles. The van der Waals surface area contributed by atoms with E-state index in [1.54, 1.807) is 24.3 Å². The lowest BCUT2D eigenvalue weighted by Crippen LogP contribution is -2.50. The fourth-order valence-electron chi connectivity index (χ4n) is 3.10. The second-order valence-corrected chi connectivity index (χ2v) is 8.81. The molecule has 0 spiro atoms. The monoisotopic (exact) mass is 580 g/mol. The zero-order valence-corrected chi connectivity index (χ0v) is 18.1. The molecule has 4 rings (SSSR count). The molecule has 0 N–H and O–H groups in total. The number of aromatic nitrogens is 1. The van der Waals surface area contributed by atoms with Gasteiger partial charge < -0.3 is 17.6 Å². The number of fused-ring (bicyclic) bond motifs is 2. The standard InChI is InChI=1S/C15H7BBr4F2N2/c17-8-1-2-9(10(18)7-8)15-11-3-5-13(19)23(11)16(21,22)24-12(15)4-6-14(24)20/h1-7H. The van der Waals surface area contributed by atoms with Gasteiger partial charge in [0.15, 0.2) is 5.70 Å². The van der Waals surface area contributed by atoms with Gasteiger partial charge in [-0.3, -0.25) is 0 Å². The molecule has 3 heterocycles. The van der Waals surface area contributed by atoms with Crippen molar-refractivity contribution in [3.8, 4) is 0 Å². The molecule has 1 aromatic heterocycles. The molecule has 2 aliphatic heterocycles. The molecule has 24 heavy (non-hydrogen) atoms. The minimum absolute atomic E-state index is 0.347. The molecule has 2 nitrogen and oxygen atoms in total. The fraction of sp³-hybridized carbons (Fsp3) is 0. The van der Waals surface area contributed by atoms with Crippen LogP contribution in [0.1, 0.15) is 11.3 Å². The number of rotatable bonds is 1. The van der Waals surface area contributed by atoms with Gasteiger partial charge in [-0.25, -0.2) is 0 Å². The van der Waals surface area contributed by atoms with Crippen molar-refractivity contribution in [2.45, 2.75) is 0 Å². The fourth-order valence-corrected chi connectivity index (χ4v) is 5.49. The Hall–Kier alpha value is -0.505. The Morgan fingerprint density at radius 1 is 0.958 bits per heavy atom. The van der Waals surface area contributed by atoms with Crippen LogP contribution in [-0.2, 0) is 0 Å². The van der Waals surface area contributed by atoms with Crippen molar-refractivity contribution in [3.63, 3.8) is 0 Å². The van der Waals surface area contributed by atoms with E-state index >= 15 is 8.63 Å². The molecule has 2 aromatic rings. The van der Waals surface area contributed by atoms with E-state index in [0.29, 0.717) is 20.6 Å². The molecule has 0 atom stereocenters. The van der Waals surface area contributed by atoms with Crippen LogP contribution in [0.15, 0.2) is 61.7 Å². The number of allylic oxidation sites excluding steroid dienone is 2. The molecule has 0 radical (unpaired) electrons. The minimum Gasteiger partial charge on any atom is -0.389 e. The molecule has 0 amide bonds. The smallest absolute Gasteiger partial charge is 0.389 e. The van der Waals surface area contributed by atoms with Gasteiger partial charge in [0.1, 0.15) is 0 Å². The van der Waals surface area contributed by atoms with Crippen LogP contribution in [0.5, 0.6) is 0 Å². The van der Waals surface area contributed by atoms with E-state index in [-0.39, 0.29) is 0 Å². The van der Waals surface area contributed by atoms with Gasteiger partial charge in [0.05, 0.1) is 10.2 Å². The van der Waals surface area contributed by atoms with Gasteiger partial charge in [0.2, 0.25) is 4.62 Å². The zero-order valence-electron chi connectivity index (χ0n) is 11.8. The number of halogens is 6. The van der Waals surface area contributed by atoms with E-state index in [1.165, 1.54) is 0 Å². The summed E-state index contributed by atoms with van der Waals surface area (Å²) in [4.78, 5) is 0. The maximum absolute atomic E-state index is 15.1. The first-order valence-electron chi connectivity index (χ1n) is 6.91. The van der Waals surface area contributed by atoms with Crippen molar-refractivity contribution in [2.24, 2.45) is 0 Å². The topological polar surface area (TPSA) is 7.94 Å². The van der Waals surface area contributed by atoms with Crippen LogP contribution in [0.4, 0.5) is 8.63 Å². The van der Waals surface area contributed by atoms with Gasteiger partial charge in [-0.1, -0.05) is 37.9 Å². The first-order valence-corrected chi connectivity index (χ1v) is 10.1. The summed E-state index contributed by atoms with van der Waals surface area (Å²) in [5.74, 6) is 0. The van der Waals surface area contributed by atoms with E-state index in [2.05, 4.69) is 63.7 Å². The first kappa shape index (κ1) is 16.9. The van der Waals surface area contributed by atoms with Crippen molar-refractivity contribution in [1.82, 2.24) is 4.48 Å². The summed E-state index contributed by atoms with van der Waals surface area (Å²) in [6.45, 7) is -3.99. The van der Waals surface area contributed by atoms with Crippen LogP contribution < -0.4 is 0 Å². The summed E-state index contributed by atoms with van der Waals surface area (Å²) in [7, 11) is 0. The van der Waals surface area contributed by atoms with E-state index in [9.17, 15) is 0 Å². The highest BCUT2D eigenvalue weighted by Crippen LogP contribution is 2.43. The second-order valence-electron chi connectivity index (χ2n) is 5.41. The van der Waals surface area contributed by atoms with Crippen molar-refractivity contribution in [1.29, 1.82) is 0 Å². The average Bonchev–Trinajstić information content (AvgIpc) is 3.06. The highest BCUT2D eigenvalue weighted by Gasteiger charge is 2.54. The zero-order chi connectivity index (χ0) is 17.2. The highest BCUT2D eigenvalue weighted by molar-refractivity contribution is 9.18. The first-order chi connectivity index (χ1) is 11.3. The maximum atomic E-state index is 15.1. The normalized spacial score (nSPS) is 18.2. The highest BCUT2D eigenvalue weighted by atomic mass is 79.9. The summed E-state index contributed by atoms with van der Waals surface area (Å²) in [6, 6.07) is 9.09. The van der Waals surface area contributed by atoms with E-state index in [1.807, 2.05) is 18.2 Å². The van der Waals surface area contributed by atoms with Crippen molar-refractivity contribution in [3.05, 3.63) is 73.0 Å². The molecule has 2 aliphatic rings. The Kier molecular flexibility index (Phi) is 4.06. The molecule has 0 bridgehead atoms. The Morgan fingerprint density at radius 3 is 2.42 bits per heavy atom. The van der Waals surface area contributed by atoms with Crippen molar-refractivity contribution < 1.29 is 13.1 Å². The Morgan fingerprint density at radius 2 is 1.71 bits per heavy atom.